The molecule has 0 aliphatic carbocycles. The molecule has 0 saturated carbocycles. The predicted octanol–water partition coefficient (Wildman–Crippen LogP) is 4.53. The van der Waals surface area contributed by atoms with Gasteiger partial charge in [-0.1, -0.05) is 22.0 Å². The Kier molecular flexibility index (Phi) is 5.64. The van der Waals surface area contributed by atoms with Gasteiger partial charge in [0.2, 0.25) is 0 Å². The van der Waals surface area contributed by atoms with E-state index < -0.39 is 0 Å². The number of carbonyl (C=O) groups excluding carboxylic acids is 1. The van der Waals surface area contributed by atoms with Crippen LogP contribution in [-0.2, 0) is 4.74 Å². The molecule has 28 heavy (non-hydrogen) atoms. The second-order valence-corrected chi connectivity index (χ2v) is 8.06. The van der Waals surface area contributed by atoms with E-state index in [1.807, 2.05) is 37.4 Å². The molecule has 3 heterocycles. The zero-order chi connectivity index (χ0) is 19.5. The second-order valence-electron chi connectivity index (χ2n) is 7.14. The minimum atomic E-state index is -0.0827. The number of carbonyl (C=O) groups is 1. The van der Waals surface area contributed by atoms with E-state index in [2.05, 4.69) is 36.5 Å². The third-order valence-corrected chi connectivity index (χ3v) is 5.62. The van der Waals surface area contributed by atoms with Crippen LogP contribution in [0.4, 0.5) is 11.5 Å². The maximum Gasteiger partial charge on any atom is 0.253 e. The molecule has 1 amide bonds. The fourth-order valence-electron chi connectivity index (χ4n) is 3.57. The van der Waals surface area contributed by atoms with Crippen molar-refractivity contribution in [1.82, 2.24) is 15.3 Å². The summed E-state index contributed by atoms with van der Waals surface area (Å²) in [5.74, 6) is 1.09. The molecule has 0 radical (unpaired) electrons. The van der Waals surface area contributed by atoms with Crippen molar-refractivity contribution in [2.24, 2.45) is 5.92 Å². The minimum absolute atomic E-state index is 0.0827. The summed E-state index contributed by atoms with van der Waals surface area (Å²) in [6.07, 6.45) is 5.55. The summed E-state index contributed by atoms with van der Waals surface area (Å²) >= 11 is 3.48. The second kappa shape index (κ2) is 8.32. The Labute approximate surface area is 172 Å². The number of nitrogens with zero attached hydrogens (tertiary/aromatic N) is 1. The van der Waals surface area contributed by atoms with Crippen LogP contribution in [0.25, 0.3) is 10.9 Å². The molecule has 0 unspecified atom stereocenters. The number of nitrogens with one attached hydrogen (secondary N) is 3. The Morgan fingerprint density at radius 2 is 2.18 bits per heavy atom. The first kappa shape index (κ1) is 19.0. The quantitative estimate of drug-likeness (QED) is 0.541. The number of amides is 1. The molecule has 0 spiro atoms. The van der Waals surface area contributed by atoms with Gasteiger partial charge in [-0.25, -0.2) is 4.98 Å². The number of fused-ring (bicyclic) bond motifs is 1. The van der Waals surface area contributed by atoms with Gasteiger partial charge < -0.3 is 20.4 Å². The molecule has 3 aromatic rings. The summed E-state index contributed by atoms with van der Waals surface area (Å²) in [6.45, 7) is 4.22. The van der Waals surface area contributed by atoms with Crippen LogP contribution in [0.1, 0.15) is 28.8 Å². The van der Waals surface area contributed by atoms with Gasteiger partial charge in [-0.05, 0) is 49.4 Å². The number of hydrogen-bond acceptors (Lipinski definition) is 4. The van der Waals surface area contributed by atoms with E-state index in [-0.39, 0.29) is 5.91 Å². The maximum absolute atomic E-state index is 12.8. The Morgan fingerprint density at radius 1 is 1.36 bits per heavy atom. The van der Waals surface area contributed by atoms with Gasteiger partial charge in [0, 0.05) is 47.7 Å². The highest BCUT2D eigenvalue weighted by atomic mass is 79.9. The summed E-state index contributed by atoms with van der Waals surface area (Å²) in [5.41, 5.74) is 3.37. The Balaban J connectivity index is 1.58. The minimum Gasteiger partial charge on any atom is -0.381 e. The molecule has 146 valence electrons. The van der Waals surface area contributed by atoms with Crippen LogP contribution in [-0.4, -0.2) is 35.6 Å². The van der Waals surface area contributed by atoms with Crippen LogP contribution in [0, 0.1) is 12.8 Å². The van der Waals surface area contributed by atoms with Gasteiger partial charge in [0.05, 0.1) is 11.1 Å². The van der Waals surface area contributed by atoms with Crippen molar-refractivity contribution >= 4 is 44.2 Å². The summed E-state index contributed by atoms with van der Waals surface area (Å²) in [4.78, 5) is 20.6. The van der Waals surface area contributed by atoms with Crippen molar-refractivity contribution in [3.8, 4) is 0 Å². The number of aromatic nitrogens is 2. The average molecular weight is 443 g/mol. The summed E-state index contributed by atoms with van der Waals surface area (Å²) in [5, 5.41) is 7.31. The van der Waals surface area contributed by atoms with Crippen LogP contribution in [0.5, 0.6) is 0 Å². The van der Waals surface area contributed by atoms with Gasteiger partial charge in [-0.2, -0.15) is 0 Å². The fourth-order valence-corrected chi connectivity index (χ4v) is 3.97. The molecule has 0 bridgehead atoms. The van der Waals surface area contributed by atoms with Crippen molar-refractivity contribution in [1.29, 1.82) is 0 Å². The molecule has 6 nitrogen and oxygen atoms in total. The van der Waals surface area contributed by atoms with Gasteiger partial charge >= 0.3 is 0 Å². The molecule has 1 saturated heterocycles. The first-order valence-corrected chi connectivity index (χ1v) is 10.3. The number of halogens is 1. The average Bonchev–Trinajstić information content (AvgIpc) is 3.10. The van der Waals surface area contributed by atoms with Gasteiger partial charge in [-0.3, -0.25) is 4.79 Å². The van der Waals surface area contributed by atoms with Crippen molar-refractivity contribution in [3.05, 3.63) is 52.3 Å². The van der Waals surface area contributed by atoms with E-state index in [0.717, 1.165) is 52.7 Å². The maximum atomic E-state index is 12.8. The lowest BCUT2D eigenvalue weighted by Crippen LogP contribution is -2.32. The SMILES string of the molecule is Cc1c[nH]c2c(Nc3cccc(Br)c3)ncc(C(=O)NCC3CCOCC3)c12. The first-order valence-electron chi connectivity index (χ1n) is 9.47. The topological polar surface area (TPSA) is 79.0 Å². The number of benzene rings is 1. The fraction of sp³-hybridized carbons (Fsp3) is 0.333. The largest absolute Gasteiger partial charge is 0.381 e. The van der Waals surface area contributed by atoms with E-state index in [1.54, 1.807) is 6.20 Å². The number of aryl methyl sites for hydroxylation is 1. The van der Waals surface area contributed by atoms with Gasteiger partial charge in [-0.15, -0.1) is 0 Å². The summed E-state index contributed by atoms with van der Waals surface area (Å²) in [6, 6.07) is 7.89. The number of ether oxygens (including phenoxy) is 1. The molecule has 3 N–H and O–H groups in total. The summed E-state index contributed by atoms with van der Waals surface area (Å²) < 4.78 is 6.37. The lowest BCUT2D eigenvalue weighted by Gasteiger charge is -2.22. The van der Waals surface area contributed by atoms with Crippen LogP contribution < -0.4 is 10.6 Å². The van der Waals surface area contributed by atoms with Gasteiger partial charge in [0.15, 0.2) is 5.82 Å². The molecular formula is C21H23BrN4O2. The zero-order valence-electron chi connectivity index (χ0n) is 15.7. The van der Waals surface area contributed by atoms with Crippen molar-refractivity contribution < 1.29 is 9.53 Å². The van der Waals surface area contributed by atoms with Crippen molar-refractivity contribution in [2.75, 3.05) is 25.1 Å². The monoisotopic (exact) mass is 442 g/mol. The van der Waals surface area contributed by atoms with Crippen LogP contribution >= 0.6 is 15.9 Å². The smallest absolute Gasteiger partial charge is 0.253 e. The third kappa shape index (κ3) is 4.05. The molecule has 1 fully saturated rings. The third-order valence-electron chi connectivity index (χ3n) is 5.13. The van der Waals surface area contributed by atoms with E-state index >= 15 is 0 Å². The van der Waals surface area contributed by atoms with E-state index in [9.17, 15) is 4.79 Å². The number of rotatable bonds is 5. The van der Waals surface area contributed by atoms with Crippen LogP contribution in [0.2, 0.25) is 0 Å². The molecule has 4 rings (SSSR count). The molecule has 1 aromatic carbocycles. The zero-order valence-corrected chi connectivity index (χ0v) is 17.3. The van der Waals surface area contributed by atoms with Crippen LogP contribution in [0.15, 0.2) is 41.1 Å². The lowest BCUT2D eigenvalue weighted by atomic mass is 10.00. The molecule has 0 atom stereocenters. The normalized spacial score (nSPS) is 14.9. The highest BCUT2D eigenvalue weighted by Crippen LogP contribution is 2.29. The molecule has 1 aliphatic heterocycles. The number of H-pyrrole nitrogens is 1. The molecule has 2 aromatic heterocycles. The van der Waals surface area contributed by atoms with E-state index in [1.165, 1.54) is 0 Å². The number of aromatic amines is 1. The Hall–Kier alpha value is -2.38. The van der Waals surface area contributed by atoms with E-state index in [0.29, 0.717) is 23.8 Å². The Bertz CT molecular complexity index is 995. The molecular weight excluding hydrogens is 420 g/mol. The standard InChI is InChI=1S/C21H23BrN4O2/c1-13-10-23-19-18(13)17(21(27)25-11-14-5-7-28-8-6-14)12-24-20(19)26-16-4-2-3-15(22)9-16/h2-4,9-10,12,14,23H,5-8,11H2,1H3,(H,24,26)(H,25,27). The highest BCUT2D eigenvalue weighted by Gasteiger charge is 2.19. The number of anilines is 2. The first-order chi connectivity index (χ1) is 13.6. The molecule has 7 heteroatoms. The molecule has 1 aliphatic rings. The predicted molar refractivity (Wildman–Crippen MR) is 114 cm³/mol. The highest BCUT2D eigenvalue weighted by molar-refractivity contribution is 9.10. The van der Waals surface area contributed by atoms with Crippen molar-refractivity contribution in [3.63, 3.8) is 0 Å². The Morgan fingerprint density at radius 3 is 2.96 bits per heavy atom. The van der Waals surface area contributed by atoms with Gasteiger partial charge in [0.25, 0.3) is 5.91 Å². The number of pyridine rings is 1. The van der Waals surface area contributed by atoms with E-state index in [4.69, 9.17) is 4.74 Å². The van der Waals surface area contributed by atoms with Crippen molar-refractivity contribution in [2.45, 2.75) is 19.8 Å². The lowest BCUT2D eigenvalue weighted by molar-refractivity contribution is 0.0643. The van der Waals surface area contributed by atoms with Gasteiger partial charge in [0.1, 0.15) is 0 Å². The summed E-state index contributed by atoms with van der Waals surface area (Å²) in [7, 11) is 0. The van der Waals surface area contributed by atoms with Crippen LogP contribution in [0.3, 0.4) is 0 Å². The number of hydrogen-bond donors (Lipinski definition) is 3.